The summed E-state index contributed by atoms with van der Waals surface area (Å²) >= 11 is 0. The number of hydrogen-bond donors (Lipinski definition) is 5. The average molecular weight is 1030 g/mol. The fourth-order valence-electron chi connectivity index (χ4n) is 10.1. The quantitative estimate of drug-likeness (QED) is 0.158. The minimum absolute atomic E-state index is 0.0234. The first-order valence-electron chi connectivity index (χ1n) is 26.1. The molecule has 11 atom stereocenters. The van der Waals surface area contributed by atoms with Crippen molar-refractivity contribution in [3.8, 4) is 5.75 Å². The molecule has 1 aromatic rings. The Bertz CT molecular complexity index is 2070. The molecule has 6 amide bonds. The molecule has 3 heterocycles. The summed E-state index contributed by atoms with van der Waals surface area (Å²) < 4.78 is 17.2. The molecule has 0 aliphatic carbocycles. The van der Waals surface area contributed by atoms with Crippen molar-refractivity contribution in [3.63, 3.8) is 0 Å². The van der Waals surface area contributed by atoms with Crippen LogP contribution in [0.4, 0.5) is 0 Å². The molecule has 0 radical (unpaired) electrons. The molecule has 3 aliphatic rings. The number of aliphatic hydroxyl groups excluding tert-OH is 2. The molecule has 20 nitrogen and oxygen atoms in total. The monoisotopic (exact) mass is 1030 g/mol. The Labute approximate surface area is 431 Å². The number of carbonyl (C=O) groups is 8. The van der Waals surface area contributed by atoms with Crippen molar-refractivity contribution in [2.45, 2.75) is 187 Å². The van der Waals surface area contributed by atoms with Crippen LogP contribution in [0.15, 0.2) is 24.3 Å². The highest BCUT2D eigenvalue weighted by atomic mass is 16.6. The number of amides is 6. The van der Waals surface area contributed by atoms with Crippen molar-refractivity contribution >= 4 is 47.4 Å². The predicted molar refractivity (Wildman–Crippen MR) is 271 cm³/mol. The number of methoxy groups -OCH3 is 1. The van der Waals surface area contributed by atoms with Crippen molar-refractivity contribution in [1.29, 1.82) is 0 Å². The van der Waals surface area contributed by atoms with E-state index in [1.807, 2.05) is 27.7 Å². The summed E-state index contributed by atoms with van der Waals surface area (Å²) in [6, 6.07) is -0.454. The van der Waals surface area contributed by atoms with Gasteiger partial charge < -0.3 is 55.1 Å². The summed E-state index contributed by atoms with van der Waals surface area (Å²) in [5, 5.41) is 30.3. The van der Waals surface area contributed by atoms with Crippen LogP contribution in [0.3, 0.4) is 0 Å². The third-order valence-electron chi connectivity index (χ3n) is 14.2. The Morgan fingerprint density at radius 3 is 2.08 bits per heavy atom. The van der Waals surface area contributed by atoms with Gasteiger partial charge in [0.25, 0.3) is 11.8 Å². The number of rotatable bonds is 15. The van der Waals surface area contributed by atoms with E-state index in [1.165, 1.54) is 37.8 Å². The molecule has 3 saturated heterocycles. The normalized spacial score (nSPS) is 27.4. The van der Waals surface area contributed by atoms with Crippen LogP contribution >= 0.6 is 0 Å². The number of carbonyl (C=O) groups excluding carboxylic acids is 8. The van der Waals surface area contributed by atoms with Gasteiger partial charge in [0.15, 0.2) is 6.10 Å². The summed E-state index contributed by atoms with van der Waals surface area (Å²) in [5.74, 6) is -6.16. The Hall–Kier alpha value is -5.34. The van der Waals surface area contributed by atoms with Crippen LogP contribution in [0.1, 0.15) is 120 Å². The van der Waals surface area contributed by atoms with Crippen molar-refractivity contribution < 1.29 is 62.8 Å². The van der Waals surface area contributed by atoms with Crippen LogP contribution in [-0.4, -0.2) is 185 Å². The SMILES string of the molecule is COc1ccc(C[C@H]2C(=O)O[C@H](C)[C@H](NC(=O)[C@@H](CC(C)C)N(C)C[C@H]3CCCN3C(=O)[C@H](C)O)C(=O)N[C@H](C(C)C)[C@@H](O)CC(=O)OC(C(C)C)C(=O)N[C@@H](CC(C)C)C(=O)N3CCC[C@H]3C(=O)N2C)cc1. The van der Waals surface area contributed by atoms with Gasteiger partial charge in [0.2, 0.25) is 23.6 Å². The number of likely N-dealkylation sites (tertiary alicyclic amines) is 1. The number of nitrogens with one attached hydrogen (secondary N) is 3. The number of fused-ring (bicyclic) bond motifs is 1. The molecule has 73 heavy (non-hydrogen) atoms. The van der Waals surface area contributed by atoms with Gasteiger partial charge in [0, 0.05) is 39.1 Å². The van der Waals surface area contributed by atoms with E-state index in [0.717, 1.165) is 0 Å². The van der Waals surface area contributed by atoms with E-state index >= 15 is 0 Å². The molecule has 0 aromatic heterocycles. The summed E-state index contributed by atoms with van der Waals surface area (Å²) in [4.78, 5) is 120. The first-order chi connectivity index (χ1) is 34.2. The Morgan fingerprint density at radius 1 is 0.863 bits per heavy atom. The molecular formula is C53H85N7O13. The zero-order valence-corrected chi connectivity index (χ0v) is 45.4. The van der Waals surface area contributed by atoms with E-state index in [-0.39, 0.29) is 50.2 Å². The fraction of sp³-hybridized carbons (Fsp3) is 0.736. The summed E-state index contributed by atoms with van der Waals surface area (Å²) in [6.07, 6.45) is -3.65. The van der Waals surface area contributed by atoms with Gasteiger partial charge in [-0.3, -0.25) is 38.5 Å². The minimum Gasteiger partial charge on any atom is -0.497 e. The molecule has 1 aromatic carbocycles. The van der Waals surface area contributed by atoms with E-state index < -0.39 is 126 Å². The van der Waals surface area contributed by atoms with Gasteiger partial charge in [-0.25, -0.2) is 4.79 Å². The van der Waals surface area contributed by atoms with Crippen LogP contribution in [0.5, 0.6) is 5.75 Å². The van der Waals surface area contributed by atoms with Crippen LogP contribution in [0.25, 0.3) is 0 Å². The van der Waals surface area contributed by atoms with Gasteiger partial charge in [-0.1, -0.05) is 67.5 Å². The molecule has 0 spiro atoms. The van der Waals surface area contributed by atoms with E-state index in [4.69, 9.17) is 14.2 Å². The molecule has 0 saturated carbocycles. The number of aliphatic hydroxyl groups is 2. The highest BCUT2D eigenvalue weighted by molar-refractivity contribution is 5.95. The molecule has 4 rings (SSSR count). The lowest BCUT2D eigenvalue weighted by molar-refractivity contribution is -0.162. The second kappa shape index (κ2) is 27.3. The molecule has 410 valence electrons. The van der Waals surface area contributed by atoms with Gasteiger partial charge in [0.1, 0.15) is 42.1 Å². The highest BCUT2D eigenvalue weighted by Crippen LogP contribution is 2.26. The van der Waals surface area contributed by atoms with Crippen molar-refractivity contribution in [1.82, 2.24) is 35.6 Å². The molecule has 1 unspecified atom stereocenters. The molecule has 3 aliphatic heterocycles. The van der Waals surface area contributed by atoms with Crippen LogP contribution < -0.4 is 20.7 Å². The minimum atomic E-state index is -1.61. The zero-order valence-electron chi connectivity index (χ0n) is 45.4. The topological polar surface area (TPSA) is 254 Å². The standard InChI is InChI=1S/C53H85N7O13/c1-29(2)24-38-51(68)60-23-15-17-39(60)52(69)58(12)41(26-35-18-20-37(71-13)21-19-35)53(70)72-34(10)45(48(65)55-44(31(5)6)42(62)27-43(63)73-46(32(7)8)49(66)54-38)56-47(64)40(25-30(3)4)57(11)28-36-16-14-22-59(36)50(67)33(9)61/h18-21,29-34,36,38-42,44-46,61-62H,14-17,22-28H2,1-13H3,(H,54,66)(H,55,65)(H,56,64)/t33-,34+,36+,38-,39-,40+,41-,42-,44+,45-,46?/m0/s1. The Kier molecular flexibility index (Phi) is 22.5. The maximum Gasteiger partial charge on any atom is 0.329 e. The highest BCUT2D eigenvalue weighted by Gasteiger charge is 2.44. The molecule has 5 N–H and O–H groups in total. The number of esters is 2. The fourth-order valence-corrected chi connectivity index (χ4v) is 10.1. The van der Waals surface area contributed by atoms with Crippen molar-refractivity contribution in [2.24, 2.45) is 23.7 Å². The first kappa shape index (κ1) is 60.2. The number of cyclic esters (lactones) is 2. The summed E-state index contributed by atoms with van der Waals surface area (Å²) in [7, 11) is 4.70. The number of hydrogen-bond acceptors (Lipinski definition) is 14. The Balaban J connectivity index is 1.83. The lowest BCUT2D eigenvalue weighted by atomic mass is 9.95. The molecule has 0 bridgehead atoms. The zero-order chi connectivity index (χ0) is 54.6. The number of benzene rings is 1. The summed E-state index contributed by atoms with van der Waals surface area (Å²) in [5.41, 5.74) is 0.628. The van der Waals surface area contributed by atoms with Gasteiger partial charge in [-0.2, -0.15) is 0 Å². The van der Waals surface area contributed by atoms with E-state index in [2.05, 4.69) is 16.0 Å². The lowest BCUT2D eigenvalue weighted by Gasteiger charge is -2.36. The second-order valence-electron chi connectivity index (χ2n) is 21.8. The second-order valence-corrected chi connectivity index (χ2v) is 21.8. The van der Waals surface area contributed by atoms with Crippen LogP contribution in [0.2, 0.25) is 0 Å². The number of ether oxygens (including phenoxy) is 3. The summed E-state index contributed by atoms with van der Waals surface area (Å²) in [6.45, 7) is 18.2. The molecule has 20 heteroatoms. The van der Waals surface area contributed by atoms with Crippen molar-refractivity contribution in [3.05, 3.63) is 29.8 Å². The largest absolute Gasteiger partial charge is 0.497 e. The van der Waals surface area contributed by atoms with Crippen LogP contribution in [-0.2, 0) is 54.3 Å². The third-order valence-corrected chi connectivity index (χ3v) is 14.2. The van der Waals surface area contributed by atoms with E-state index in [0.29, 0.717) is 43.5 Å². The molecule has 3 fully saturated rings. The third kappa shape index (κ3) is 16.3. The van der Waals surface area contributed by atoms with Gasteiger partial charge in [-0.15, -0.1) is 0 Å². The smallest absolute Gasteiger partial charge is 0.329 e. The van der Waals surface area contributed by atoms with Crippen molar-refractivity contribution in [2.75, 3.05) is 40.8 Å². The average Bonchev–Trinajstić information content (AvgIpc) is 4.01. The maximum atomic E-state index is 14.8. The number of nitrogens with zero attached hydrogens (tertiary/aromatic N) is 4. The lowest BCUT2D eigenvalue weighted by Crippen LogP contribution is -2.61. The Morgan fingerprint density at radius 2 is 1.51 bits per heavy atom. The van der Waals surface area contributed by atoms with E-state index in [1.54, 1.807) is 68.8 Å². The van der Waals surface area contributed by atoms with Crippen LogP contribution in [0, 0.1) is 23.7 Å². The van der Waals surface area contributed by atoms with E-state index in [9.17, 15) is 48.6 Å². The van der Waals surface area contributed by atoms with Gasteiger partial charge in [0.05, 0.1) is 31.7 Å². The molecular weight excluding hydrogens is 943 g/mol. The predicted octanol–water partition coefficient (Wildman–Crippen LogP) is 2.19. The number of likely N-dealkylation sites (N-methyl/N-ethyl adjacent to an activating group) is 2. The first-order valence-corrected chi connectivity index (χ1v) is 26.1. The van der Waals surface area contributed by atoms with Gasteiger partial charge >= 0.3 is 11.9 Å². The maximum absolute atomic E-state index is 14.8. The van der Waals surface area contributed by atoms with Gasteiger partial charge in [-0.05, 0) is 101 Å².